The maximum absolute atomic E-state index is 12.9. The van der Waals surface area contributed by atoms with Gasteiger partial charge in [0.05, 0.1) is 17.4 Å². The molecule has 184 valence electrons. The van der Waals surface area contributed by atoms with Crippen molar-refractivity contribution in [1.29, 1.82) is 0 Å². The zero-order valence-electron chi connectivity index (χ0n) is 20.0. The molecule has 2 amide bonds. The van der Waals surface area contributed by atoms with Crippen molar-refractivity contribution < 1.29 is 9.59 Å². The number of nitrogens with two attached hydrogens (primary N) is 1. The maximum atomic E-state index is 12.9. The summed E-state index contributed by atoms with van der Waals surface area (Å²) in [7, 11) is 3.52. The van der Waals surface area contributed by atoms with Crippen LogP contribution >= 0.6 is 12.4 Å². The number of amides is 2. The fourth-order valence-electron chi connectivity index (χ4n) is 4.80. The Balaban J connectivity index is 0.00000289. The second kappa shape index (κ2) is 9.71. The first kappa shape index (κ1) is 24.8. The standard InChI is InChI=1S/C26H30N6O2.ClH/c1-30(2)25(34)20-7-3-19(4-8-20)17-31-13-14-32-22(26(31)11-12-26)16-28-23(32)24(33)29-15-18-5-9-21(27)10-6-18;/h3-10,16H,11-15,17,27H2,1-2H3,(H,29,33);1H. The van der Waals surface area contributed by atoms with Gasteiger partial charge < -0.3 is 20.5 Å². The molecule has 1 spiro atoms. The summed E-state index contributed by atoms with van der Waals surface area (Å²) in [5.74, 6) is 0.325. The summed E-state index contributed by atoms with van der Waals surface area (Å²) in [6, 6.07) is 15.4. The highest BCUT2D eigenvalue weighted by molar-refractivity contribution is 5.93. The first-order valence-electron chi connectivity index (χ1n) is 11.6. The molecular weight excluding hydrogens is 464 g/mol. The van der Waals surface area contributed by atoms with Gasteiger partial charge in [0.25, 0.3) is 11.8 Å². The molecule has 1 saturated carbocycles. The van der Waals surface area contributed by atoms with E-state index < -0.39 is 0 Å². The molecule has 3 aromatic rings. The summed E-state index contributed by atoms with van der Waals surface area (Å²) >= 11 is 0. The van der Waals surface area contributed by atoms with Gasteiger partial charge in [-0.05, 0) is 48.2 Å². The van der Waals surface area contributed by atoms with Gasteiger partial charge in [0.1, 0.15) is 0 Å². The molecule has 2 heterocycles. The Hall–Kier alpha value is -3.36. The molecule has 1 fully saturated rings. The number of carbonyl (C=O) groups excluding carboxylic acids is 2. The molecule has 0 bridgehead atoms. The predicted molar refractivity (Wildman–Crippen MR) is 137 cm³/mol. The van der Waals surface area contributed by atoms with Crippen molar-refractivity contribution in [3.63, 3.8) is 0 Å². The zero-order valence-corrected chi connectivity index (χ0v) is 20.8. The number of fused-ring (bicyclic) bond motifs is 2. The van der Waals surface area contributed by atoms with Gasteiger partial charge in [0.15, 0.2) is 5.82 Å². The van der Waals surface area contributed by atoms with Crippen LogP contribution in [0, 0.1) is 0 Å². The predicted octanol–water partition coefficient (Wildman–Crippen LogP) is 3.02. The van der Waals surface area contributed by atoms with Crippen LogP contribution in [0.25, 0.3) is 0 Å². The average molecular weight is 495 g/mol. The monoisotopic (exact) mass is 494 g/mol. The van der Waals surface area contributed by atoms with Crippen molar-refractivity contribution in [2.45, 2.75) is 38.0 Å². The third-order valence-corrected chi connectivity index (χ3v) is 6.87. The van der Waals surface area contributed by atoms with E-state index in [1.54, 1.807) is 19.0 Å². The van der Waals surface area contributed by atoms with Crippen molar-refractivity contribution >= 4 is 29.9 Å². The summed E-state index contributed by atoms with van der Waals surface area (Å²) in [6.07, 6.45) is 3.99. The highest BCUT2D eigenvalue weighted by Gasteiger charge is 2.53. The highest BCUT2D eigenvalue weighted by atomic mass is 35.5. The number of rotatable bonds is 6. The fraction of sp³-hybridized carbons (Fsp3) is 0.346. The van der Waals surface area contributed by atoms with Gasteiger partial charge in [0, 0.05) is 51.5 Å². The topological polar surface area (TPSA) is 96.5 Å². The van der Waals surface area contributed by atoms with Crippen molar-refractivity contribution in [3.05, 3.63) is 82.9 Å². The van der Waals surface area contributed by atoms with E-state index in [1.165, 1.54) is 5.56 Å². The lowest BCUT2D eigenvalue weighted by Crippen LogP contribution is -2.44. The molecule has 1 aliphatic carbocycles. The number of anilines is 1. The van der Waals surface area contributed by atoms with E-state index in [0.29, 0.717) is 23.6 Å². The third-order valence-electron chi connectivity index (χ3n) is 6.87. The van der Waals surface area contributed by atoms with Crippen LogP contribution < -0.4 is 11.1 Å². The summed E-state index contributed by atoms with van der Waals surface area (Å²) in [5, 5.41) is 2.98. The van der Waals surface area contributed by atoms with Gasteiger partial charge in [0.2, 0.25) is 0 Å². The van der Waals surface area contributed by atoms with Crippen molar-refractivity contribution in [3.8, 4) is 0 Å². The van der Waals surface area contributed by atoms with E-state index in [0.717, 1.165) is 43.7 Å². The normalized spacial score (nSPS) is 15.7. The van der Waals surface area contributed by atoms with Crippen LogP contribution in [0.15, 0.2) is 54.7 Å². The lowest BCUT2D eigenvalue weighted by Gasteiger charge is -2.37. The molecule has 9 heteroatoms. The molecule has 1 aromatic heterocycles. The Morgan fingerprint density at radius 2 is 1.69 bits per heavy atom. The minimum absolute atomic E-state index is 0. The zero-order chi connectivity index (χ0) is 23.9. The quantitative estimate of drug-likeness (QED) is 0.513. The smallest absolute Gasteiger partial charge is 0.287 e. The summed E-state index contributed by atoms with van der Waals surface area (Å²) in [4.78, 5) is 33.6. The number of hydrogen-bond donors (Lipinski definition) is 2. The Kier molecular flexibility index (Phi) is 6.87. The van der Waals surface area contributed by atoms with E-state index in [2.05, 4.69) is 19.8 Å². The van der Waals surface area contributed by atoms with Crippen LogP contribution in [-0.2, 0) is 25.2 Å². The van der Waals surface area contributed by atoms with Gasteiger partial charge in [-0.3, -0.25) is 14.5 Å². The van der Waals surface area contributed by atoms with Crippen LogP contribution in [0.1, 0.15) is 50.6 Å². The molecule has 2 aromatic carbocycles. The van der Waals surface area contributed by atoms with Crippen molar-refractivity contribution in [2.24, 2.45) is 0 Å². The number of nitrogen functional groups attached to an aromatic ring is 1. The minimum atomic E-state index is -0.159. The number of aromatic nitrogens is 2. The molecule has 0 atom stereocenters. The first-order chi connectivity index (χ1) is 16.4. The number of halogens is 1. The van der Waals surface area contributed by atoms with E-state index in [9.17, 15) is 9.59 Å². The summed E-state index contributed by atoms with van der Waals surface area (Å²) in [5.41, 5.74) is 10.4. The number of hydrogen-bond acceptors (Lipinski definition) is 5. The van der Waals surface area contributed by atoms with Crippen LogP contribution in [0.4, 0.5) is 5.69 Å². The Morgan fingerprint density at radius 1 is 1.03 bits per heavy atom. The number of nitrogens with one attached hydrogen (secondary N) is 1. The van der Waals surface area contributed by atoms with E-state index >= 15 is 0 Å². The van der Waals surface area contributed by atoms with Gasteiger partial charge in [-0.25, -0.2) is 4.98 Å². The van der Waals surface area contributed by atoms with Crippen LogP contribution in [-0.4, -0.2) is 51.8 Å². The molecule has 0 saturated heterocycles. The van der Waals surface area contributed by atoms with Gasteiger partial charge in [-0.1, -0.05) is 24.3 Å². The fourth-order valence-corrected chi connectivity index (χ4v) is 4.80. The lowest BCUT2D eigenvalue weighted by atomic mass is 10.0. The maximum Gasteiger partial charge on any atom is 0.287 e. The SMILES string of the molecule is CN(C)C(=O)c1ccc(CN2CCn3c(cnc3C(=O)NCc3ccc(N)cc3)C23CC3)cc1.Cl. The molecule has 0 unspecified atom stereocenters. The van der Waals surface area contributed by atoms with Gasteiger partial charge in [-0.15, -0.1) is 12.4 Å². The summed E-state index contributed by atoms with van der Waals surface area (Å²) < 4.78 is 2.08. The number of imidazole rings is 1. The Bertz CT molecular complexity index is 1220. The molecule has 2 aliphatic rings. The highest BCUT2D eigenvalue weighted by Crippen LogP contribution is 2.53. The number of benzene rings is 2. The average Bonchev–Trinajstić information content (AvgIpc) is 3.50. The second-order valence-electron chi connectivity index (χ2n) is 9.39. The van der Waals surface area contributed by atoms with Crippen molar-refractivity contribution in [1.82, 2.24) is 24.7 Å². The van der Waals surface area contributed by atoms with Crippen LogP contribution in [0.5, 0.6) is 0 Å². The molecular formula is C26H31ClN6O2. The van der Waals surface area contributed by atoms with Gasteiger partial charge in [-0.2, -0.15) is 0 Å². The molecule has 1 aliphatic heterocycles. The first-order valence-corrected chi connectivity index (χ1v) is 11.6. The van der Waals surface area contributed by atoms with Crippen LogP contribution in [0.3, 0.4) is 0 Å². The minimum Gasteiger partial charge on any atom is -0.399 e. The number of carbonyl (C=O) groups is 2. The van der Waals surface area contributed by atoms with Crippen molar-refractivity contribution in [2.75, 3.05) is 26.4 Å². The molecule has 3 N–H and O–H groups in total. The number of nitrogens with zero attached hydrogens (tertiary/aromatic N) is 4. The lowest BCUT2D eigenvalue weighted by molar-refractivity contribution is 0.0826. The van der Waals surface area contributed by atoms with E-state index in [4.69, 9.17) is 5.73 Å². The van der Waals surface area contributed by atoms with E-state index in [1.807, 2.05) is 54.7 Å². The van der Waals surface area contributed by atoms with Gasteiger partial charge >= 0.3 is 0 Å². The third kappa shape index (κ3) is 4.76. The second-order valence-corrected chi connectivity index (χ2v) is 9.39. The van der Waals surface area contributed by atoms with E-state index in [-0.39, 0.29) is 29.8 Å². The molecule has 0 radical (unpaired) electrons. The largest absolute Gasteiger partial charge is 0.399 e. The molecule has 5 rings (SSSR count). The Labute approximate surface area is 211 Å². The summed E-state index contributed by atoms with van der Waals surface area (Å²) in [6.45, 7) is 2.81. The molecule has 35 heavy (non-hydrogen) atoms. The molecule has 8 nitrogen and oxygen atoms in total. The van der Waals surface area contributed by atoms with Crippen LogP contribution in [0.2, 0.25) is 0 Å². The Morgan fingerprint density at radius 3 is 2.31 bits per heavy atom.